The molecule has 5 nitrogen and oxygen atoms in total. The minimum absolute atomic E-state index is 0.0989. The molecule has 0 aliphatic rings. The van der Waals surface area contributed by atoms with E-state index in [9.17, 15) is 4.79 Å². The van der Waals surface area contributed by atoms with Crippen molar-refractivity contribution in [2.24, 2.45) is 0 Å². The van der Waals surface area contributed by atoms with Crippen LogP contribution >= 0.6 is 0 Å². The molecule has 5 heteroatoms. The van der Waals surface area contributed by atoms with Gasteiger partial charge in [-0.15, -0.1) is 0 Å². The van der Waals surface area contributed by atoms with E-state index >= 15 is 0 Å². The van der Waals surface area contributed by atoms with Gasteiger partial charge in [0, 0.05) is 10.9 Å². The number of hydrogen-bond acceptors (Lipinski definition) is 4. The Kier molecular flexibility index (Phi) is 5.26. The fourth-order valence-electron chi connectivity index (χ4n) is 3.05. The average Bonchev–Trinajstić information content (AvgIpc) is 2.98. The van der Waals surface area contributed by atoms with Gasteiger partial charge in [-0.1, -0.05) is 34.5 Å². The maximum absolute atomic E-state index is 12.5. The zero-order valence-electron chi connectivity index (χ0n) is 15.6. The maximum atomic E-state index is 12.5. The van der Waals surface area contributed by atoms with E-state index in [-0.39, 0.29) is 18.4 Å². The highest BCUT2D eigenvalue weighted by Gasteiger charge is 2.17. The molecule has 136 valence electrons. The monoisotopic (exact) mass is 352 g/mol. The van der Waals surface area contributed by atoms with Gasteiger partial charge in [0.15, 0.2) is 5.58 Å². The number of amides is 1. The molecule has 0 bridgehead atoms. The third-order valence-electron chi connectivity index (χ3n) is 4.34. The second-order valence-corrected chi connectivity index (χ2v) is 6.57. The van der Waals surface area contributed by atoms with Crippen LogP contribution in [0.15, 0.2) is 40.9 Å². The van der Waals surface area contributed by atoms with Crippen molar-refractivity contribution < 1.29 is 14.1 Å². The molecule has 0 radical (unpaired) electrons. The zero-order chi connectivity index (χ0) is 18.7. The first-order valence-electron chi connectivity index (χ1n) is 8.85. The van der Waals surface area contributed by atoms with Crippen molar-refractivity contribution in [3.8, 4) is 5.75 Å². The van der Waals surface area contributed by atoms with E-state index in [1.54, 1.807) is 0 Å². The van der Waals surface area contributed by atoms with E-state index in [0.717, 1.165) is 27.8 Å². The highest BCUT2D eigenvalue weighted by atomic mass is 16.5. The lowest BCUT2D eigenvalue weighted by Crippen LogP contribution is -2.28. The summed E-state index contributed by atoms with van der Waals surface area (Å²) in [6.07, 6.45) is 0.177. The molecule has 0 aliphatic carbocycles. The van der Waals surface area contributed by atoms with Crippen molar-refractivity contribution in [3.63, 3.8) is 0 Å². The van der Waals surface area contributed by atoms with Crippen molar-refractivity contribution in [1.82, 2.24) is 10.5 Å². The van der Waals surface area contributed by atoms with Gasteiger partial charge in [-0.05, 0) is 45.9 Å². The summed E-state index contributed by atoms with van der Waals surface area (Å²) in [5.74, 6) is 0.701. The van der Waals surface area contributed by atoms with Gasteiger partial charge >= 0.3 is 0 Å². The standard InChI is InChI=1S/C21H24N2O3/c1-5-25-19-8-6-13(2)10-16(19)15(4)22-21(24)12-18-17-11-14(3)7-9-20(17)26-23-18/h6-11,15H,5,12H2,1-4H3,(H,22,24). The maximum Gasteiger partial charge on any atom is 0.226 e. The highest BCUT2D eigenvalue weighted by molar-refractivity contribution is 5.86. The Morgan fingerprint density at radius 1 is 1.19 bits per heavy atom. The Morgan fingerprint density at radius 2 is 1.92 bits per heavy atom. The van der Waals surface area contributed by atoms with Crippen LogP contribution in [0.2, 0.25) is 0 Å². The molecule has 1 aromatic heterocycles. The number of nitrogens with zero attached hydrogens (tertiary/aromatic N) is 1. The molecule has 1 amide bonds. The van der Waals surface area contributed by atoms with Crippen LogP contribution in [0.3, 0.4) is 0 Å². The van der Waals surface area contributed by atoms with Crippen molar-refractivity contribution in [1.29, 1.82) is 0 Å². The van der Waals surface area contributed by atoms with Crippen molar-refractivity contribution in [2.75, 3.05) is 6.61 Å². The molecule has 1 unspecified atom stereocenters. The summed E-state index contributed by atoms with van der Waals surface area (Å²) < 4.78 is 11.0. The van der Waals surface area contributed by atoms with Crippen LogP contribution in [-0.2, 0) is 11.2 Å². The van der Waals surface area contributed by atoms with Crippen molar-refractivity contribution >= 4 is 16.9 Å². The Hall–Kier alpha value is -2.82. The molecule has 3 aromatic rings. The molecule has 1 heterocycles. The molecule has 1 atom stereocenters. The molecule has 26 heavy (non-hydrogen) atoms. The van der Waals surface area contributed by atoms with Crippen LogP contribution in [0.4, 0.5) is 0 Å². The van der Waals surface area contributed by atoms with Crippen LogP contribution < -0.4 is 10.1 Å². The van der Waals surface area contributed by atoms with Crippen LogP contribution in [0.5, 0.6) is 5.75 Å². The lowest BCUT2D eigenvalue weighted by molar-refractivity contribution is -0.121. The average molecular weight is 352 g/mol. The summed E-state index contributed by atoms with van der Waals surface area (Å²) in [5, 5.41) is 7.98. The Labute approximate surface area is 153 Å². The summed E-state index contributed by atoms with van der Waals surface area (Å²) >= 11 is 0. The molecule has 0 saturated heterocycles. The Balaban J connectivity index is 1.75. The molecule has 0 fully saturated rings. The molecule has 1 N–H and O–H groups in total. The fraction of sp³-hybridized carbons (Fsp3) is 0.333. The number of ether oxygens (including phenoxy) is 1. The summed E-state index contributed by atoms with van der Waals surface area (Å²) in [4.78, 5) is 12.5. The number of rotatable bonds is 6. The molecule has 2 aromatic carbocycles. The van der Waals surface area contributed by atoms with Crippen LogP contribution in [0.1, 0.15) is 42.3 Å². The molecular formula is C21H24N2O3. The van der Waals surface area contributed by atoms with Crippen molar-refractivity contribution in [3.05, 3.63) is 58.8 Å². The first kappa shape index (κ1) is 18.0. The Morgan fingerprint density at radius 3 is 2.69 bits per heavy atom. The topological polar surface area (TPSA) is 64.4 Å². The minimum Gasteiger partial charge on any atom is -0.494 e. The SMILES string of the molecule is CCOc1ccc(C)cc1C(C)NC(=O)Cc1noc2ccc(C)cc12. The molecule has 0 aliphatic heterocycles. The highest BCUT2D eigenvalue weighted by Crippen LogP contribution is 2.27. The van der Waals surface area contributed by atoms with E-state index in [1.807, 2.05) is 64.1 Å². The first-order valence-corrected chi connectivity index (χ1v) is 8.85. The largest absolute Gasteiger partial charge is 0.494 e. The van der Waals surface area contributed by atoms with Gasteiger partial charge in [0.05, 0.1) is 19.1 Å². The van der Waals surface area contributed by atoms with Gasteiger partial charge in [-0.25, -0.2) is 0 Å². The third-order valence-corrected chi connectivity index (χ3v) is 4.34. The van der Waals surface area contributed by atoms with Crippen LogP contribution in [-0.4, -0.2) is 17.7 Å². The number of aryl methyl sites for hydroxylation is 2. The molecule has 0 saturated carbocycles. The summed E-state index contributed by atoms with van der Waals surface area (Å²) in [6, 6.07) is 11.7. The number of benzene rings is 2. The first-order chi connectivity index (χ1) is 12.5. The number of aromatic nitrogens is 1. The van der Waals surface area contributed by atoms with E-state index in [2.05, 4.69) is 10.5 Å². The summed E-state index contributed by atoms with van der Waals surface area (Å²) in [5.41, 5.74) is 4.56. The number of carbonyl (C=O) groups excluding carboxylic acids is 1. The number of hydrogen-bond donors (Lipinski definition) is 1. The lowest BCUT2D eigenvalue weighted by Gasteiger charge is -2.18. The quantitative estimate of drug-likeness (QED) is 0.720. The predicted octanol–water partition coefficient (Wildman–Crippen LogP) is 4.26. The minimum atomic E-state index is -0.163. The molecule has 3 rings (SSSR count). The van der Waals surface area contributed by atoms with Gasteiger partial charge in [-0.3, -0.25) is 4.79 Å². The Bertz CT molecular complexity index is 930. The van der Waals surface area contributed by atoms with E-state index in [4.69, 9.17) is 9.26 Å². The third kappa shape index (κ3) is 3.87. The van der Waals surface area contributed by atoms with E-state index in [1.165, 1.54) is 0 Å². The van der Waals surface area contributed by atoms with E-state index < -0.39 is 0 Å². The van der Waals surface area contributed by atoms with Gasteiger partial charge in [0.2, 0.25) is 5.91 Å². The second kappa shape index (κ2) is 7.60. The van der Waals surface area contributed by atoms with Gasteiger partial charge in [0.25, 0.3) is 0 Å². The normalized spacial score (nSPS) is 12.2. The smallest absolute Gasteiger partial charge is 0.226 e. The second-order valence-electron chi connectivity index (χ2n) is 6.57. The molecular weight excluding hydrogens is 328 g/mol. The van der Waals surface area contributed by atoms with Gasteiger partial charge < -0.3 is 14.6 Å². The summed E-state index contributed by atoms with van der Waals surface area (Å²) in [6.45, 7) is 8.52. The van der Waals surface area contributed by atoms with Gasteiger partial charge in [-0.2, -0.15) is 0 Å². The number of nitrogens with one attached hydrogen (secondary N) is 1. The van der Waals surface area contributed by atoms with Gasteiger partial charge in [0.1, 0.15) is 11.4 Å². The van der Waals surface area contributed by atoms with E-state index in [0.29, 0.717) is 17.9 Å². The van der Waals surface area contributed by atoms with Crippen LogP contribution in [0, 0.1) is 13.8 Å². The predicted molar refractivity (Wildman–Crippen MR) is 101 cm³/mol. The zero-order valence-corrected chi connectivity index (χ0v) is 15.6. The lowest BCUT2D eigenvalue weighted by atomic mass is 10.0. The molecule has 0 spiro atoms. The fourth-order valence-corrected chi connectivity index (χ4v) is 3.05. The number of fused-ring (bicyclic) bond motifs is 1. The van der Waals surface area contributed by atoms with Crippen LogP contribution in [0.25, 0.3) is 11.0 Å². The summed E-state index contributed by atoms with van der Waals surface area (Å²) in [7, 11) is 0. The van der Waals surface area contributed by atoms with Crippen molar-refractivity contribution in [2.45, 2.75) is 40.2 Å². The number of carbonyl (C=O) groups is 1.